The van der Waals surface area contributed by atoms with Crippen molar-refractivity contribution in [3.8, 4) is 39.9 Å². The molecule has 4 nitrogen and oxygen atoms in total. The molecular formula is C47H34N4. The van der Waals surface area contributed by atoms with E-state index in [2.05, 4.69) is 138 Å². The Kier molecular flexibility index (Phi) is 6.15. The van der Waals surface area contributed by atoms with Crippen LogP contribution in [-0.4, -0.2) is 19.5 Å². The first kappa shape index (κ1) is 28.7. The summed E-state index contributed by atoms with van der Waals surface area (Å²) in [6, 6.07) is 52.4. The molecule has 9 aromatic rings. The van der Waals surface area contributed by atoms with E-state index >= 15 is 0 Å². The molecule has 0 aliphatic heterocycles. The number of aromatic nitrogens is 4. The normalized spacial score (nSPS) is 14.8. The van der Waals surface area contributed by atoms with Crippen LogP contribution in [0.2, 0.25) is 0 Å². The Balaban J connectivity index is 1.39. The largest absolute Gasteiger partial charge is 0.277 e. The smallest absolute Gasteiger partial charge is 0.238 e. The molecule has 1 saturated carbocycles. The van der Waals surface area contributed by atoms with Crippen LogP contribution in [0.3, 0.4) is 0 Å². The molecule has 0 unspecified atom stereocenters. The van der Waals surface area contributed by atoms with Crippen LogP contribution in [0.1, 0.15) is 43.2 Å². The van der Waals surface area contributed by atoms with Crippen LogP contribution in [0.4, 0.5) is 0 Å². The van der Waals surface area contributed by atoms with Crippen molar-refractivity contribution >= 4 is 43.4 Å². The van der Waals surface area contributed by atoms with E-state index in [-0.39, 0.29) is 5.41 Å². The van der Waals surface area contributed by atoms with Gasteiger partial charge in [0.1, 0.15) is 0 Å². The fourth-order valence-electron chi connectivity index (χ4n) is 9.51. The van der Waals surface area contributed by atoms with Gasteiger partial charge < -0.3 is 0 Å². The molecule has 7 aromatic carbocycles. The van der Waals surface area contributed by atoms with Crippen molar-refractivity contribution in [2.24, 2.45) is 0 Å². The molecular weight excluding hydrogens is 621 g/mol. The first-order valence-electron chi connectivity index (χ1n) is 18.2. The summed E-state index contributed by atoms with van der Waals surface area (Å²) in [7, 11) is 0. The summed E-state index contributed by atoms with van der Waals surface area (Å²) in [5, 5.41) is 7.62. The van der Waals surface area contributed by atoms with Gasteiger partial charge in [-0.3, -0.25) is 4.57 Å². The third-order valence-corrected chi connectivity index (χ3v) is 11.6. The molecule has 242 valence electrons. The number of benzene rings is 7. The van der Waals surface area contributed by atoms with Gasteiger partial charge in [-0.05, 0) is 62.7 Å². The Morgan fingerprint density at radius 1 is 0.490 bits per heavy atom. The van der Waals surface area contributed by atoms with E-state index < -0.39 is 0 Å². The van der Waals surface area contributed by atoms with Crippen LogP contribution in [-0.2, 0) is 5.41 Å². The summed E-state index contributed by atoms with van der Waals surface area (Å²) < 4.78 is 2.41. The third-order valence-electron chi connectivity index (χ3n) is 11.6. The van der Waals surface area contributed by atoms with E-state index in [9.17, 15) is 0 Å². The van der Waals surface area contributed by atoms with Crippen molar-refractivity contribution in [3.05, 3.63) is 157 Å². The highest BCUT2D eigenvalue weighted by Crippen LogP contribution is 2.61. The monoisotopic (exact) mass is 654 g/mol. The van der Waals surface area contributed by atoms with Crippen LogP contribution in [0, 0.1) is 0 Å². The van der Waals surface area contributed by atoms with Crippen molar-refractivity contribution in [3.63, 3.8) is 0 Å². The lowest BCUT2D eigenvalue weighted by Crippen LogP contribution is -2.28. The van der Waals surface area contributed by atoms with Crippen LogP contribution in [0.5, 0.6) is 0 Å². The number of hydrogen-bond acceptors (Lipinski definition) is 3. The van der Waals surface area contributed by atoms with Gasteiger partial charge in [0.2, 0.25) is 5.95 Å². The van der Waals surface area contributed by atoms with Crippen LogP contribution in [0.25, 0.3) is 83.2 Å². The standard InChI is InChI=1S/C47H34N4/c1-4-17-31(18-5-1)44-48-45(32-19-6-2-7-20-32)50-46(49-44)51-38-27-26-30-16-8-9-21-33(30)40(38)41-35-23-11-10-22-34(35)39-36-24-12-13-25-37(36)47(42(39)43(41)51)28-14-3-15-29-47/h1-2,4-13,16-27H,3,14-15,28-29H2. The minimum absolute atomic E-state index is 0.0913. The van der Waals surface area contributed by atoms with Crippen LogP contribution < -0.4 is 0 Å². The van der Waals surface area contributed by atoms with E-state index in [0.717, 1.165) is 29.5 Å². The van der Waals surface area contributed by atoms with Crippen molar-refractivity contribution in [1.29, 1.82) is 0 Å². The van der Waals surface area contributed by atoms with E-state index in [4.69, 9.17) is 15.0 Å². The summed E-state index contributed by atoms with van der Waals surface area (Å²) in [5.74, 6) is 1.99. The number of fused-ring (bicyclic) bond motifs is 14. The van der Waals surface area contributed by atoms with Gasteiger partial charge in [0.15, 0.2) is 11.6 Å². The molecule has 2 aliphatic rings. The Bertz CT molecular complexity index is 2770. The molecule has 4 heteroatoms. The zero-order valence-corrected chi connectivity index (χ0v) is 28.2. The predicted molar refractivity (Wildman–Crippen MR) is 209 cm³/mol. The van der Waals surface area contributed by atoms with E-state index in [1.165, 1.54) is 79.4 Å². The van der Waals surface area contributed by atoms with Gasteiger partial charge in [-0.15, -0.1) is 0 Å². The Morgan fingerprint density at radius 3 is 1.82 bits per heavy atom. The lowest BCUT2D eigenvalue weighted by atomic mass is 9.67. The van der Waals surface area contributed by atoms with Crippen molar-refractivity contribution in [2.45, 2.75) is 37.5 Å². The second kappa shape index (κ2) is 10.9. The van der Waals surface area contributed by atoms with Gasteiger partial charge in [-0.2, -0.15) is 9.97 Å². The van der Waals surface area contributed by atoms with E-state index in [1.807, 2.05) is 12.1 Å². The van der Waals surface area contributed by atoms with Gasteiger partial charge in [0.25, 0.3) is 0 Å². The predicted octanol–water partition coefficient (Wildman–Crippen LogP) is 11.8. The van der Waals surface area contributed by atoms with Crippen molar-refractivity contribution in [2.75, 3.05) is 0 Å². The molecule has 0 saturated heterocycles. The van der Waals surface area contributed by atoms with Crippen LogP contribution in [0.15, 0.2) is 146 Å². The minimum Gasteiger partial charge on any atom is -0.277 e. The highest BCUT2D eigenvalue weighted by atomic mass is 15.2. The van der Waals surface area contributed by atoms with Crippen LogP contribution >= 0.6 is 0 Å². The van der Waals surface area contributed by atoms with E-state index in [0.29, 0.717) is 17.6 Å². The molecule has 0 N–H and O–H groups in total. The van der Waals surface area contributed by atoms with Gasteiger partial charge in [-0.25, -0.2) is 4.98 Å². The van der Waals surface area contributed by atoms with Crippen molar-refractivity contribution < 1.29 is 0 Å². The highest BCUT2D eigenvalue weighted by Gasteiger charge is 2.47. The number of nitrogens with zero attached hydrogens (tertiary/aromatic N) is 4. The highest BCUT2D eigenvalue weighted by molar-refractivity contribution is 6.32. The van der Waals surface area contributed by atoms with Gasteiger partial charge in [0, 0.05) is 27.3 Å². The zero-order chi connectivity index (χ0) is 33.5. The first-order valence-corrected chi connectivity index (χ1v) is 18.2. The van der Waals surface area contributed by atoms with Gasteiger partial charge >= 0.3 is 0 Å². The van der Waals surface area contributed by atoms with Gasteiger partial charge in [-0.1, -0.05) is 159 Å². The lowest BCUT2D eigenvalue weighted by Gasteiger charge is -2.36. The molecule has 2 aliphatic carbocycles. The fraction of sp³-hybridized carbons (Fsp3) is 0.128. The molecule has 2 aromatic heterocycles. The number of rotatable bonds is 3. The van der Waals surface area contributed by atoms with Gasteiger partial charge in [0.05, 0.1) is 11.0 Å². The maximum Gasteiger partial charge on any atom is 0.238 e. The lowest BCUT2D eigenvalue weighted by molar-refractivity contribution is 0.354. The maximum atomic E-state index is 5.38. The summed E-state index contributed by atoms with van der Waals surface area (Å²) in [6.45, 7) is 0. The second-order valence-corrected chi connectivity index (χ2v) is 14.2. The third kappa shape index (κ3) is 4.05. The SMILES string of the molecule is c1ccc(-c2nc(-c3ccccc3)nc(-n3c4ccc5ccccc5c4c4c5ccccc5c5c(c43)C3(CCCCC3)c3ccccc3-5)n2)cc1. The molecule has 2 heterocycles. The average Bonchev–Trinajstić information content (AvgIpc) is 3.70. The molecule has 51 heavy (non-hydrogen) atoms. The molecule has 11 rings (SSSR count). The summed E-state index contributed by atoms with van der Waals surface area (Å²) >= 11 is 0. The Morgan fingerprint density at radius 2 is 1.10 bits per heavy atom. The Hall–Kier alpha value is -6.13. The number of hydrogen-bond donors (Lipinski definition) is 0. The second-order valence-electron chi connectivity index (χ2n) is 14.2. The summed E-state index contributed by atoms with van der Waals surface area (Å²) in [4.78, 5) is 15.9. The fourth-order valence-corrected chi connectivity index (χ4v) is 9.51. The maximum absolute atomic E-state index is 5.38. The molecule has 0 bridgehead atoms. The zero-order valence-electron chi connectivity index (χ0n) is 28.2. The molecule has 0 atom stereocenters. The molecule has 1 spiro atoms. The summed E-state index contributed by atoms with van der Waals surface area (Å²) in [6.07, 6.45) is 5.97. The minimum atomic E-state index is -0.0913. The quantitative estimate of drug-likeness (QED) is 0.190. The average molecular weight is 655 g/mol. The topological polar surface area (TPSA) is 43.6 Å². The molecule has 0 radical (unpaired) electrons. The van der Waals surface area contributed by atoms with Crippen molar-refractivity contribution in [1.82, 2.24) is 19.5 Å². The van der Waals surface area contributed by atoms with E-state index in [1.54, 1.807) is 0 Å². The summed E-state index contributed by atoms with van der Waals surface area (Å²) in [5.41, 5.74) is 9.87. The molecule has 1 fully saturated rings. The first-order chi connectivity index (χ1) is 25.3. The Labute approximate surface area is 296 Å². The molecule has 0 amide bonds.